The minimum atomic E-state index is -3.70. The van der Waals surface area contributed by atoms with Gasteiger partial charge < -0.3 is 26.2 Å². The van der Waals surface area contributed by atoms with E-state index >= 15 is 0 Å². The molecule has 272 valence electrons. The van der Waals surface area contributed by atoms with Gasteiger partial charge >= 0.3 is 6.03 Å². The maximum Gasteiger partial charge on any atom is 0.315 e. The van der Waals surface area contributed by atoms with Crippen LogP contribution < -0.4 is 21.3 Å². The largest absolute Gasteiger partial charge is 0.347 e. The van der Waals surface area contributed by atoms with Gasteiger partial charge in [0.25, 0.3) is 5.91 Å². The lowest BCUT2D eigenvalue weighted by atomic mass is 9.79. The van der Waals surface area contributed by atoms with Crippen LogP contribution in [-0.4, -0.2) is 103 Å². The molecule has 1 heterocycles. The maximum atomic E-state index is 14.4. The Balaban J connectivity index is 1.55. The van der Waals surface area contributed by atoms with Crippen LogP contribution in [0.25, 0.3) is 0 Å². The number of hydrogen-bond acceptors (Lipinski definition) is 7. The van der Waals surface area contributed by atoms with E-state index in [1.165, 1.54) is 23.3 Å². The van der Waals surface area contributed by atoms with E-state index in [9.17, 15) is 32.4 Å². The molecular formula is C34H58N6O7S. The van der Waals surface area contributed by atoms with Crippen LogP contribution in [0.3, 0.4) is 0 Å². The second-order valence-corrected chi connectivity index (χ2v) is 18.9. The van der Waals surface area contributed by atoms with E-state index in [1.54, 1.807) is 6.92 Å². The zero-order valence-corrected chi connectivity index (χ0v) is 31.1. The van der Waals surface area contributed by atoms with E-state index in [0.29, 0.717) is 25.8 Å². The Morgan fingerprint density at radius 3 is 2.10 bits per heavy atom. The predicted octanol–water partition coefficient (Wildman–Crippen LogP) is 2.30. The van der Waals surface area contributed by atoms with Crippen LogP contribution in [0.15, 0.2) is 0 Å². The zero-order valence-electron chi connectivity index (χ0n) is 30.3. The number of Topliss-reactive ketones (excluding diaryl/α,β-unsaturated/α-hetero) is 1. The highest BCUT2D eigenvalue weighted by Gasteiger charge is 2.70. The highest BCUT2D eigenvalue weighted by Crippen LogP contribution is 2.65. The SMILES string of the molecule is CCC[C@H](NC(=O)[C@@H]1[C@@H]2[C@H](CN1C(=O)[C@@H](NC(=O)NC1([C@H](C)S(=O)(=O)N(C)C)CCCCC1)C(C)(C)C)C2(C)C)C(=O)C(=O)NC1CC1. The highest BCUT2D eigenvalue weighted by molar-refractivity contribution is 7.89. The molecule has 0 unspecified atom stereocenters. The van der Waals surface area contributed by atoms with Crippen molar-refractivity contribution in [2.24, 2.45) is 22.7 Å². The van der Waals surface area contributed by atoms with Crippen molar-refractivity contribution < 1.29 is 32.4 Å². The number of hydrogen-bond donors (Lipinski definition) is 4. The lowest BCUT2D eigenvalue weighted by molar-refractivity contribution is -0.145. The average Bonchev–Trinajstić information content (AvgIpc) is 3.85. The van der Waals surface area contributed by atoms with Crippen molar-refractivity contribution in [3.05, 3.63) is 0 Å². The summed E-state index contributed by atoms with van der Waals surface area (Å²) in [7, 11) is -0.741. The normalized spacial score (nSPS) is 26.5. The molecule has 4 aliphatic rings. The lowest BCUT2D eigenvalue weighted by Gasteiger charge is -2.44. The molecule has 0 bridgehead atoms. The summed E-state index contributed by atoms with van der Waals surface area (Å²) in [6, 6.07) is -3.54. The third kappa shape index (κ3) is 7.69. The van der Waals surface area contributed by atoms with Gasteiger partial charge in [-0.3, -0.25) is 19.2 Å². The Kier molecular flexibility index (Phi) is 11.0. The Labute approximate surface area is 286 Å². The van der Waals surface area contributed by atoms with Crippen LogP contribution in [-0.2, 0) is 29.2 Å². The van der Waals surface area contributed by atoms with Crippen molar-refractivity contribution in [1.82, 2.24) is 30.5 Å². The maximum absolute atomic E-state index is 14.4. The van der Waals surface area contributed by atoms with Crippen molar-refractivity contribution in [2.45, 2.75) is 141 Å². The molecule has 14 heteroatoms. The summed E-state index contributed by atoms with van der Waals surface area (Å²) in [6.45, 7) is 13.4. The van der Waals surface area contributed by atoms with E-state index in [0.717, 1.165) is 32.1 Å². The fourth-order valence-corrected chi connectivity index (χ4v) is 9.39. The summed E-state index contributed by atoms with van der Waals surface area (Å²) in [5, 5.41) is 10.5. The van der Waals surface area contributed by atoms with Gasteiger partial charge in [0.1, 0.15) is 12.1 Å². The first kappa shape index (κ1) is 38.1. The van der Waals surface area contributed by atoms with Crippen molar-refractivity contribution in [1.29, 1.82) is 0 Å². The van der Waals surface area contributed by atoms with Crippen LogP contribution in [0.1, 0.15) is 106 Å². The molecule has 0 aromatic carbocycles. The molecule has 0 aromatic heterocycles. The molecule has 0 aromatic rings. The van der Waals surface area contributed by atoms with Crippen LogP contribution in [0.2, 0.25) is 0 Å². The van der Waals surface area contributed by atoms with Crippen molar-refractivity contribution in [3.8, 4) is 0 Å². The highest BCUT2D eigenvalue weighted by atomic mass is 32.2. The number of urea groups is 1. The minimum absolute atomic E-state index is 0.00279. The van der Waals surface area contributed by atoms with E-state index < -0.39 is 73.9 Å². The summed E-state index contributed by atoms with van der Waals surface area (Å²) >= 11 is 0. The van der Waals surface area contributed by atoms with Crippen LogP contribution in [0.4, 0.5) is 4.79 Å². The van der Waals surface area contributed by atoms with Crippen LogP contribution >= 0.6 is 0 Å². The number of carbonyl (C=O) groups excluding carboxylic acids is 5. The van der Waals surface area contributed by atoms with Crippen LogP contribution in [0.5, 0.6) is 0 Å². The number of carbonyl (C=O) groups is 5. The summed E-state index contributed by atoms with van der Waals surface area (Å²) in [5.41, 5.74) is -1.97. The molecule has 0 radical (unpaired) electrons. The van der Waals surface area contributed by atoms with Gasteiger partial charge in [-0.05, 0) is 61.7 Å². The Morgan fingerprint density at radius 2 is 1.58 bits per heavy atom. The molecule has 48 heavy (non-hydrogen) atoms. The first-order valence-electron chi connectivity index (χ1n) is 17.6. The molecule has 0 spiro atoms. The second-order valence-electron chi connectivity index (χ2n) is 16.4. The molecule has 13 nitrogen and oxygen atoms in total. The molecule has 1 aliphatic heterocycles. The van der Waals surface area contributed by atoms with E-state index in [-0.39, 0.29) is 29.7 Å². The third-order valence-corrected chi connectivity index (χ3v) is 13.7. The monoisotopic (exact) mass is 694 g/mol. The van der Waals surface area contributed by atoms with Gasteiger partial charge in [0.15, 0.2) is 0 Å². The average molecular weight is 695 g/mol. The Morgan fingerprint density at radius 1 is 0.979 bits per heavy atom. The molecule has 4 N–H and O–H groups in total. The number of sulfonamides is 1. The first-order valence-corrected chi connectivity index (χ1v) is 19.1. The summed E-state index contributed by atoms with van der Waals surface area (Å²) in [4.78, 5) is 69.4. The molecule has 4 rings (SSSR count). The summed E-state index contributed by atoms with van der Waals surface area (Å²) in [6.07, 6.45) is 5.97. The van der Waals surface area contributed by atoms with Crippen molar-refractivity contribution in [3.63, 3.8) is 0 Å². The molecule has 1 saturated heterocycles. The number of nitrogens with zero attached hydrogens (tertiary/aromatic N) is 2. The number of fused-ring (bicyclic) bond motifs is 1. The number of ketones is 1. The molecule has 6 atom stereocenters. The van der Waals surface area contributed by atoms with Crippen molar-refractivity contribution in [2.75, 3.05) is 20.6 Å². The number of nitrogens with one attached hydrogen (secondary N) is 4. The zero-order chi connectivity index (χ0) is 36.0. The lowest BCUT2D eigenvalue weighted by Crippen LogP contribution is -2.65. The summed E-state index contributed by atoms with van der Waals surface area (Å²) < 4.78 is 27.6. The predicted molar refractivity (Wildman–Crippen MR) is 182 cm³/mol. The van der Waals surface area contributed by atoms with Crippen LogP contribution in [0, 0.1) is 22.7 Å². The van der Waals surface area contributed by atoms with Gasteiger partial charge in [-0.25, -0.2) is 17.5 Å². The van der Waals surface area contributed by atoms with Crippen molar-refractivity contribution >= 4 is 39.6 Å². The van der Waals surface area contributed by atoms with Gasteiger partial charge in [-0.2, -0.15) is 0 Å². The van der Waals surface area contributed by atoms with Gasteiger partial charge in [0.2, 0.25) is 27.6 Å². The topological polar surface area (TPSA) is 174 Å². The Hall–Kier alpha value is -2.74. The number of piperidine rings is 1. The molecule has 5 amide bonds. The summed E-state index contributed by atoms with van der Waals surface area (Å²) in [5.74, 6) is -2.37. The Bertz CT molecular complexity index is 1380. The standard InChI is InChI=1S/C34H58N6O7S/c1-10-14-23(26(41)29(43)35-21-15-16-21)36-28(42)25-24-22(33(24,6)7)19-40(25)30(44)27(32(3,4)5)37-31(45)38-34(17-12-11-13-18-34)20(2)48(46,47)39(8)9/h20-25,27H,10-19H2,1-9H3,(H,35,43)(H,36,42)(H2,37,38,45)/t20-,22-,23-,24-,25-,27+/m0/s1. The van der Waals surface area contributed by atoms with Gasteiger partial charge in [0.05, 0.1) is 16.8 Å². The molecule has 4 fully saturated rings. The third-order valence-electron chi connectivity index (χ3n) is 11.3. The van der Waals surface area contributed by atoms with E-state index in [4.69, 9.17) is 0 Å². The minimum Gasteiger partial charge on any atom is -0.347 e. The second kappa shape index (κ2) is 13.9. The van der Waals surface area contributed by atoms with Gasteiger partial charge in [0, 0.05) is 26.7 Å². The molecular weight excluding hydrogens is 636 g/mol. The number of likely N-dealkylation sites (tertiary alicyclic amines) is 1. The van der Waals surface area contributed by atoms with Gasteiger partial charge in [-0.1, -0.05) is 67.2 Å². The molecule has 3 saturated carbocycles. The van der Waals surface area contributed by atoms with E-state index in [1.807, 2.05) is 27.7 Å². The fourth-order valence-electron chi connectivity index (χ4n) is 7.90. The fraction of sp³-hybridized carbons (Fsp3) is 0.853. The molecule has 3 aliphatic carbocycles. The number of rotatable bonds is 13. The quantitative estimate of drug-likeness (QED) is 0.214. The van der Waals surface area contributed by atoms with Gasteiger partial charge in [-0.15, -0.1) is 0 Å². The smallest absolute Gasteiger partial charge is 0.315 e. The first-order chi connectivity index (χ1) is 22.2. The number of amides is 5. The van der Waals surface area contributed by atoms with E-state index in [2.05, 4.69) is 35.1 Å².